The summed E-state index contributed by atoms with van der Waals surface area (Å²) in [5, 5.41) is 10.6. The Hall–Kier alpha value is -0.410. The number of ketones is 1. The molecule has 4 saturated carbocycles. The van der Waals surface area contributed by atoms with Crippen LogP contribution in [0.25, 0.3) is 0 Å². The van der Waals surface area contributed by atoms with E-state index in [0.717, 1.165) is 37.0 Å². The summed E-state index contributed by atoms with van der Waals surface area (Å²) < 4.78 is 5.95. The van der Waals surface area contributed by atoms with E-state index < -0.39 is 0 Å². The van der Waals surface area contributed by atoms with Crippen molar-refractivity contribution in [3.63, 3.8) is 0 Å². The van der Waals surface area contributed by atoms with E-state index in [1.165, 1.54) is 32.1 Å². The zero-order chi connectivity index (χ0) is 18.7. The van der Waals surface area contributed by atoms with Gasteiger partial charge in [0, 0.05) is 12.5 Å². The van der Waals surface area contributed by atoms with Crippen molar-refractivity contribution in [1.82, 2.24) is 0 Å². The van der Waals surface area contributed by atoms with Crippen molar-refractivity contribution in [2.45, 2.75) is 91.3 Å². The van der Waals surface area contributed by atoms with Gasteiger partial charge in [-0.05, 0) is 99.7 Å². The number of rotatable bonds is 3. The summed E-state index contributed by atoms with van der Waals surface area (Å²) in [6.45, 7) is 9.48. The lowest BCUT2D eigenvalue weighted by molar-refractivity contribution is -0.171. The Morgan fingerprint density at radius 2 is 1.81 bits per heavy atom. The Morgan fingerprint density at radius 1 is 1.08 bits per heavy atom. The lowest BCUT2D eigenvalue weighted by atomic mass is 9.44. The third-order valence-electron chi connectivity index (χ3n) is 9.53. The number of hydrogen-bond acceptors (Lipinski definition) is 3. The first kappa shape index (κ1) is 18.9. The lowest BCUT2D eigenvalue weighted by Crippen LogP contribution is -2.57. The summed E-state index contributed by atoms with van der Waals surface area (Å²) in [7, 11) is 0. The second-order valence-electron chi connectivity index (χ2n) is 10.4. The Balaban J connectivity index is 1.60. The molecule has 3 nitrogen and oxygen atoms in total. The third kappa shape index (κ3) is 2.64. The van der Waals surface area contributed by atoms with Crippen molar-refractivity contribution in [2.75, 3.05) is 6.61 Å². The van der Waals surface area contributed by atoms with E-state index in [-0.39, 0.29) is 17.6 Å². The van der Waals surface area contributed by atoms with Crippen molar-refractivity contribution >= 4 is 5.78 Å². The summed E-state index contributed by atoms with van der Waals surface area (Å²) in [6, 6.07) is 0. The van der Waals surface area contributed by atoms with E-state index in [2.05, 4.69) is 13.8 Å². The molecule has 26 heavy (non-hydrogen) atoms. The maximum absolute atomic E-state index is 12.3. The van der Waals surface area contributed by atoms with Gasteiger partial charge in [-0.1, -0.05) is 13.8 Å². The molecular weight excluding hydrogens is 324 g/mol. The highest BCUT2D eigenvalue weighted by Crippen LogP contribution is 2.67. The first-order chi connectivity index (χ1) is 12.3. The van der Waals surface area contributed by atoms with Gasteiger partial charge in [-0.15, -0.1) is 0 Å². The molecule has 0 heterocycles. The zero-order valence-electron chi connectivity index (χ0n) is 17.2. The average molecular weight is 363 g/mol. The largest absolute Gasteiger partial charge is 0.390 e. The number of carbonyl (C=O) groups is 1. The predicted octanol–water partition coefficient (Wildman–Crippen LogP) is 4.61. The molecule has 0 aliphatic heterocycles. The Labute approximate surface area is 159 Å². The normalized spacial score (nSPS) is 53.5. The molecule has 0 aromatic heterocycles. The monoisotopic (exact) mass is 362 g/mol. The van der Waals surface area contributed by atoms with Gasteiger partial charge in [0.05, 0.1) is 12.2 Å². The van der Waals surface area contributed by atoms with Crippen LogP contribution in [0.3, 0.4) is 0 Å². The molecule has 0 spiro atoms. The van der Waals surface area contributed by atoms with Gasteiger partial charge in [0.15, 0.2) is 0 Å². The maximum Gasteiger partial charge on any atom is 0.133 e. The molecule has 4 aliphatic rings. The fourth-order valence-electron chi connectivity index (χ4n) is 8.30. The van der Waals surface area contributed by atoms with Gasteiger partial charge < -0.3 is 9.84 Å². The summed E-state index contributed by atoms with van der Waals surface area (Å²) in [6.07, 6.45) is 9.08. The fraction of sp³-hybridized carbons (Fsp3) is 0.957. The van der Waals surface area contributed by atoms with Crippen molar-refractivity contribution in [3.05, 3.63) is 0 Å². The van der Waals surface area contributed by atoms with Gasteiger partial charge in [-0.2, -0.15) is 0 Å². The minimum absolute atomic E-state index is 0.0156. The Kier molecular flexibility index (Phi) is 4.79. The molecule has 0 amide bonds. The number of aliphatic hydroxyl groups is 1. The van der Waals surface area contributed by atoms with E-state index in [0.29, 0.717) is 29.6 Å². The van der Waals surface area contributed by atoms with E-state index in [1.54, 1.807) is 0 Å². The van der Waals surface area contributed by atoms with Gasteiger partial charge in [-0.3, -0.25) is 4.79 Å². The molecule has 4 aliphatic carbocycles. The van der Waals surface area contributed by atoms with Crippen molar-refractivity contribution in [3.8, 4) is 0 Å². The second kappa shape index (κ2) is 6.58. The summed E-state index contributed by atoms with van der Waals surface area (Å²) in [5.41, 5.74) is 0.543. The van der Waals surface area contributed by atoms with Crippen molar-refractivity contribution in [2.24, 2.45) is 40.4 Å². The van der Waals surface area contributed by atoms with Gasteiger partial charge >= 0.3 is 0 Å². The minimum Gasteiger partial charge on any atom is -0.390 e. The number of fused-ring (bicyclic) bond motifs is 5. The third-order valence-corrected chi connectivity index (χ3v) is 9.53. The zero-order valence-corrected chi connectivity index (χ0v) is 17.2. The quantitative estimate of drug-likeness (QED) is 0.797. The summed E-state index contributed by atoms with van der Waals surface area (Å²) in [4.78, 5) is 12.3. The average Bonchev–Trinajstić information content (AvgIpc) is 2.94. The molecule has 0 saturated heterocycles. The Bertz CT molecular complexity index is 560. The summed E-state index contributed by atoms with van der Waals surface area (Å²) >= 11 is 0. The molecule has 4 fully saturated rings. The smallest absolute Gasteiger partial charge is 0.133 e. The van der Waals surface area contributed by atoms with Crippen LogP contribution in [0.5, 0.6) is 0 Å². The lowest BCUT2D eigenvalue weighted by Gasteiger charge is -2.61. The van der Waals surface area contributed by atoms with Crippen molar-refractivity contribution in [1.29, 1.82) is 0 Å². The highest BCUT2D eigenvalue weighted by molar-refractivity contribution is 5.79. The number of hydrogen-bond donors (Lipinski definition) is 1. The van der Waals surface area contributed by atoms with Gasteiger partial charge in [-0.25, -0.2) is 0 Å². The van der Waals surface area contributed by atoms with Gasteiger partial charge in [0.2, 0.25) is 0 Å². The fourth-order valence-corrected chi connectivity index (χ4v) is 8.30. The molecule has 0 bridgehead atoms. The van der Waals surface area contributed by atoms with Crippen LogP contribution >= 0.6 is 0 Å². The van der Waals surface area contributed by atoms with E-state index in [4.69, 9.17) is 4.74 Å². The minimum atomic E-state index is -0.285. The first-order valence-corrected chi connectivity index (χ1v) is 11.1. The number of ether oxygens (including phenoxy) is 1. The van der Waals surface area contributed by atoms with Crippen LogP contribution in [-0.2, 0) is 9.53 Å². The van der Waals surface area contributed by atoms with Crippen LogP contribution < -0.4 is 0 Å². The number of Topliss-reactive ketones (excluding diaryl/α,β-unsaturated/α-hetero) is 1. The van der Waals surface area contributed by atoms with Crippen molar-refractivity contribution < 1.29 is 14.6 Å². The maximum atomic E-state index is 12.3. The molecule has 3 heteroatoms. The molecule has 0 aromatic carbocycles. The molecule has 4 rings (SSSR count). The van der Waals surface area contributed by atoms with E-state index in [1.807, 2.05) is 13.8 Å². The second-order valence-corrected chi connectivity index (χ2v) is 10.4. The Morgan fingerprint density at radius 3 is 2.50 bits per heavy atom. The van der Waals surface area contributed by atoms with Crippen LogP contribution in [-0.4, -0.2) is 29.7 Å². The topological polar surface area (TPSA) is 46.5 Å². The molecule has 0 aromatic rings. The van der Waals surface area contributed by atoms with E-state index in [9.17, 15) is 9.90 Å². The molecular formula is C23H38O3. The van der Waals surface area contributed by atoms with Gasteiger partial charge in [0.1, 0.15) is 5.78 Å². The van der Waals surface area contributed by atoms with Crippen LogP contribution in [0.4, 0.5) is 0 Å². The standard InChI is InChI=1S/C23H38O3/c1-5-26-21-13-23(4)15(12-20(21)25)6-7-16-18-9-8-17(14(2)24)22(18,3)11-10-19(16)23/h15-21,25H,5-13H2,1-4H3/t15-,16-,17+,18-,19-,20-,21-,22+,23-/m0/s1. The van der Waals surface area contributed by atoms with Gasteiger partial charge in [0.25, 0.3) is 0 Å². The molecule has 0 unspecified atom stereocenters. The van der Waals surface area contributed by atoms with Crippen LogP contribution in [0, 0.1) is 40.4 Å². The SMILES string of the molecule is CCO[C@H]1C[C@@]2(C)[C@@H](CC[C@@H]3[C@@H]2CC[C@]2(C)[C@@H](C(C)=O)CC[C@@H]32)C[C@@H]1O. The first-order valence-electron chi connectivity index (χ1n) is 11.1. The summed E-state index contributed by atoms with van der Waals surface area (Å²) in [5.74, 6) is 3.61. The van der Waals surface area contributed by atoms with Crippen LogP contribution in [0.2, 0.25) is 0 Å². The molecule has 148 valence electrons. The highest BCUT2D eigenvalue weighted by Gasteiger charge is 2.61. The number of aliphatic hydroxyl groups excluding tert-OH is 1. The van der Waals surface area contributed by atoms with Crippen LogP contribution in [0.1, 0.15) is 79.1 Å². The predicted molar refractivity (Wildman–Crippen MR) is 103 cm³/mol. The van der Waals surface area contributed by atoms with E-state index >= 15 is 0 Å². The highest BCUT2D eigenvalue weighted by atomic mass is 16.5. The van der Waals surface area contributed by atoms with Crippen LogP contribution in [0.15, 0.2) is 0 Å². The molecule has 1 N–H and O–H groups in total. The molecule has 0 radical (unpaired) electrons. The molecule has 9 atom stereocenters. The number of carbonyl (C=O) groups excluding carboxylic acids is 1.